The van der Waals surface area contributed by atoms with Gasteiger partial charge in [0.2, 0.25) is 5.95 Å². The lowest BCUT2D eigenvalue weighted by Gasteiger charge is -2.38. The summed E-state index contributed by atoms with van der Waals surface area (Å²) in [7, 11) is 4.68. The molecule has 0 spiro atoms. The summed E-state index contributed by atoms with van der Waals surface area (Å²) < 4.78 is 32.6. The standard InChI is InChI=1S/C29H32FN7O3/c1-17-5-6-19(16-36(17)20-9-10-31-15-20)27-34-28-22-12-23(30)26(40-4)13-24(22)33-29(37(28)35-27)32-14-18-7-8-21(38-2)11-25(18)39-3/h7-9,11-13,15,17,19H,5-6,10,14,16H2,1-4H3,(H,32,33). The number of benzene rings is 2. The minimum absolute atomic E-state index is 0.110. The van der Waals surface area contributed by atoms with E-state index in [0.29, 0.717) is 52.4 Å². The molecule has 208 valence electrons. The van der Waals surface area contributed by atoms with Crippen molar-refractivity contribution in [3.8, 4) is 17.2 Å². The number of allylic oxidation sites excluding steroid dienone is 1. The number of piperidine rings is 1. The maximum Gasteiger partial charge on any atom is 0.226 e. The van der Waals surface area contributed by atoms with Crippen LogP contribution in [0.15, 0.2) is 47.1 Å². The Kier molecular flexibility index (Phi) is 6.87. The molecule has 0 amide bonds. The summed E-state index contributed by atoms with van der Waals surface area (Å²) in [5.41, 5.74) is 3.16. The monoisotopic (exact) mass is 545 g/mol. The van der Waals surface area contributed by atoms with Crippen molar-refractivity contribution >= 4 is 28.7 Å². The fourth-order valence-electron chi connectivity index (χ4n) is 5.46. The van der Waals surface area contributed by atoms with Crippen LogP contribution in [0.5, 0.6) is 17.2 Å². The first-order valence-corrected chi connectivity index (χ1v) is 13.3. The van der Waals surface area contributed by atoms with Crippen molar-refractivity contribution in [2.75, 3.05) is 39.7 Å². The van der Waals surface area contributed by atoms with E-state index >= 15 is 0 Å². The number of nitrogens with one attached hydrogen (secondary N) is 1. The Labute approximate surface area is 231 Å². The van der Waals surface area contributed by atoms with Crippen molar-refractivity contribution in [2.45, 2.75) is 38.3 Å². The van der Waals surface area contributed by atoms with Crippen molar-refractivity contribution in [2.24, 2.45) is 4.99 Å². The number of rotatable bonds is 8. The third-order valence-electron chi connectivity index (χ3n) is 7.70. The molecule has 6 rings (SSSR count). The number of fused-ring (bicyclic) bond motifs is 3. The average Bonchev–Trinajstić information content (AvgIpc) is 3.67. The smallest absolute Gasteiger partial charge is 0.226 e. The second-order valence-electron chi connectivity index (χ2n) is 10.1. The summed E-state index contributed by atoms with van der Waals surface area (Å²) in [5, 5.41) is 8.88. The molecule has 40 heavy (non-hydrogen) atoms. The molecule has 0 bridgehead atoms. The second kappa shape index (κ2) is 10.6. The molecule has 4 heterocycles. The quantitative estimate of drug-likeness (QED) is 0.343. The first kappa shape index (κ1) is 25.8. The van der Waals surface area contributed by atoms with E-state index in [1.807, 2.05) is 24.4 Å². The lowest BCUT2D eigenvalue weighted by molar-refractivity contribution is 0.195. The Hall–Kier alpha value is -4.41. The summed E-state index contributed by atoms with van der Waals surface area (Å²) in [6.45, 7) is 4.16. The number of hydrogen-bond donors (Lipinski definition) is 1. The number of aliphatic imine (C=N–C) groups is 1. The lowest BCUT2D eigenvalue weighted by Crippen LogP contribution is -2.40. The van der Waals surface area contributed by atoms with Crippen LogP contribution in [0.4, 0.5) is 10.3 Å². The summed E-state index contributed by atoms with van der Waals surface area (Å²) in [6.07, 6.45) is 6.06. The molecule has 1 fully saturated rings. The van der Waals surface area contributed by atoms with Gasteiger partial charge < -0.3 is 24.4 Å². The van der Waals surface area contributed by atoms with E-state index in [2.05, 4.69) is 28.2 Å². The van der Waals surface area contributed by atoms with Crippen LogP contribution >= 0.6 is 0 Å². The van der Waals surface area contributed by atoms with Crippen LogP contribution in [0.2, 0.25) is 0 Å². The number of nitrogens with zero attached hydrogens (tertiary/aromatic N) is 6. The molecule has 2 aliphatic rings. The molecule has 1 saturated heterocycles. The molecule has 2 aromatic carbocycles. The molecular weight excluding hydrogens is 513 g/mol. The van der Waals surface area contributed by atoms with Crippen molar-refractivity contribution in [3.63, 3.8) is 0 Å². The summed E-state index contributed by atoms with van der Waals surface area (Å²) >= 11 is 0. The van der Waals surface area contributed by atoms with E-state index in [0.717, 1.165) is 37.2 Å². The zero-order valence-electron chi connectivity index (χ0n) is 23.0. The van der Waals surface area contributed by atoms with Gasteiger partial charge in [-0.3, -0.25) is 4.99 Å². The third kappa shape index (κ3) is 4.65. The van der Waals surface area contributed by atoms with Gasteiger partial charge in [0.25, 0.3) is 0 Å². The summed E-state index contributed by atoms with van der Waals surface area (Å²) in [6, 6.07) is 9.07. The van der Waals surface area contributed by atoms with Gasteiger partial charge in [-0.15, -0.1) is 5.10 Å². The van der Waals surface area contributed by atoms with E-state index in [1.165, 1.54) is 13.2 Å². The maximum atomic E-state index is 14.8. The highest BCUT2D eigenvalue weighted by Gasteiger charge is 2.31. The number of methoxy groups -OCH3 is 3. The van der Waals surface area contributed by atoms with Crippen LogP contribution in [0.3, 0.4) is 0 Å². The van der Waals surface area contributed by atoms with Crippen LogP contribution in [-0.2, 0) is 6.54 Å². The molecule has 2 atom stereocenters. The van der Waals surface area contributed by atoms with Crippen molar-refractivity contribution in [1.29, 1.82) is 0 Å². The predicted octanol–water partition coefficient (Wildman–Crippen LogP) is 4.59. The molecule has 2 aliphatic heterocycles. The number of likely N-dealkylation sites (tertiary alicyclic amines) is 1. The number of halogens is 1. The van der Waals surface area contributed by atoms with Gasteiger partial charge in [0.05, 0.1) is 39.1 Å². The van der Waals surface area contributed by atoms with Gasteiger partial charge in [-0.25, -0.2) is 14.4 Å². The molecule has 2 unspecified atom stereocenters. The molecule has 0 aliphatic carbocycles. The minimum Gasteiger partial charge on any atom is -0.497 e. The minimum atomic E-state index is -0.475. The van der Waals surface area contributed by atoms with Gasteiger partial charge in [0, 0.05) is 54.3 Å². The summed E-state index contributed by atoms with van der Waals surface area (Å²) in [4.78, 5) is 16.5. The first-order valence-electron chi connectivity index (χ1n) is 13.3. The molecule has 11 heteroatoms. The lowest BCUT2D eigenvalue weighted by atomic mass is 9.92. The highest BCUT2D eigenvalue weighted by Crippen LogP contribution is 2.34. The number of anilines is 1. The van der Waals surface area contributed by atoms with Crippen LogP contribution < -0.4 is 19.5 Å². The maximum absolute atomic E-state index is 14.8. The Morgan fingerprint density at radius 2 is 1.88 bits per heavy atom. The van der Waals surface area contributed by atoms with E-state index < -0.39 is 5.82 Å². The highest BCUT2D eigenvalue weighted by atomic mass is 19.1. The molecule has 1 N–H and O–H groups in total. The highest BCUT2D eigenvalue weighted by molar-refractivity contribution is 5.93. The Morgan fingerprint density at radius 3 is 2.62 bits per heavy atom. The molecule has 10 nitrogen and oxygen atoms in total. The summed E-state index contributed by atoms with van der Waals surface area (Å²) in [5.74, 6) is 2.35. The third-order valence-corrected chi connectivity index (χ3v) is 7.70. The topological polar surface area (TPSA) is 98.4 Å². The number of ether oxygens (including phenoxy) is 3. The first-order chi connectivity index (χ1) is 19.5. The van der Waals surface area contributed by atoms with Crippen molar-refractivity contribution < 1.29 is 18.6 Å². The van der Waals surface area contributed by atoms with E-state index in [9.17, 15) is 4.39 Å². The molecule has 4 aromatic rings. The van der Waals surface area contributed by atoms with Crippen LogP contribution in [0.1, 0.15) is 37.1 Å². The molecule has 0 radical (unpaired) electrons. The average molecular weight is 546 g/mol. The van der Waals surface area contributed by atoms with Crippen LogP contribution in [0.25, 0.3) is 16.6 Å². The van der Waals surface area contributed by atoms with Gasteiger partial charge in [-0.1, -0.05) is 0 Å². The van der Waals surface area contributed by atoms with Crippen molar-refractivity contribution in [1.82, 2.24) is 24.5 Å². The van der Waals surface area contributed by atoms with Crippen LogP contribution in [-0.4, -0.2) is 71.2 Å². The van der Waals surface area contributed by atoms with Gasteiger partial charge in [0.15, 0.2) is 23.0 Å². The normalized spacial score (nSPS) is 18.8. The van der Waals surface area contributed by atoms with E-state index in [4.69, 9.17) is 29.3 Å². The van der Waals surface area contributed by atoms with Gasteiger partial charge in [-0.2, -0.15) is 4.52 Å². The second-order valence-corrected chi connectivity index (χ2v) is 10.1. The fraction of sp³-hybridized carbons (Fsp3) is 0.379. The Morgan fingerprint density at radius 1 is 1.02 bits per heavy atom. The SMILES string of the molecule is COc1ccc(CNc2nc3cc(OC)c(F)cc3c3nc(C4CCC(C)N(C5=CCN=C5)C4)nn23)c(OC)c1. The molecular formula is C29H32FN7O3. The zero-order valence-corrected chi connectivity index (χ0v) is 23.0. The molecule has 2 aromatic heterocycles. The Bertz CT molecular complexity index is 1630. The number of hydrogen-bond acceptors (Lipinski definition) is 9. The van der Waals surface area contributed by atoms with Crippen LogP contribution in [0, 0.1) is 5.82 Å². The Balaban J connectivity index is 1.40. The van der Waals surface area contributed by atoms with Gasteiger partial charge in [-0.05, 0) is 44.0 Å². The van der Waals surface area contributed by atoms with E-state index in [-0.39, 0.29) is 11.7 Å². The van der Waals surface area contributed by atoms with E-state index in [1.54, 1.807) is 24.8 Å². The van der Waals surface area contributed by atoms with Crippen molar-refractivity contribution in [3.05, 3.63) is 59.3 Å². The largest absolute Gasteiger partial charge is 0.497 e. The fourth-order valence-corrected chi connectivity index (χ4v) is 5.46. The predicted molar refractivity (Wildman–Crippen MR) is 151 cm³/mol. The van der Waals surface area contributed by atoms with Gasteiger partial charge in [0.1, 0.15) is 11.5 Å². The number of aromatic nitrogens is 4. The zero-order chi connectivity index (χ0) is 27.8. The van der Waals surface area contributed by atoms with Gasteiger partial charge >= 0.3 is 0 Å². The molecule has 0 saturated carbocycles.